The molecule has 6 nitrogen and oxygen atoms in total. The lowest BCUT2D eigenvalue weighted by molar-refractivity contribution is -0.151. The van der Waals surface area contributed by atoms with Crippen LogP contribution in [0.5, 0.6) is 0 Å². The molecule has 3 N–H and O–H groups in total. The van der Waals surface area contributed by atoms with E-state index in [4.69, 9.17) is 4.74 Å². The smallest absolute Gasteiger partial charge is 0.306 e. The first-order chi connectivity index (χ1) is 30.0. The number of aliphatic hydroxyl groups excluding tert-OH is 2. The lowest BCUT2D eigenvalue weighted by Gasteiger charge is -2.24. The summed E-state index contributed by atoms with van der Waals surface area (Å²) in [4.78, 5) is 26.1. The van der Waals surface area contributed by atoms with Crippen LogP contribution in [-0.2, 0) is 14.3 Å². The summed E-state index contributed by atoms with van der Waals surface area (Å²) in [5.41, 5.74) is 0. The third kappa shape index (κ3) is 43.5. The summed E-state index contributed by atoms with van der Waals surface area (Å²) in [7, 11) is 0. The van der Waals surface area contributed by atoms with Crippen molar-refractivity contribution in [3.8, 4) is 0 Å². The Morgan fingerprint density at radius 2 is 0.951 bits per heavy atom. The highest BCUT2D eigenvalue weighted by atomic mass is 16.5. The highest BCUT2D eigenvalue weighted by molar-refractivity contribution is 5.77. The number of carbonyl (C=O) groups is 2. The number of hydrogen-bond donors (Lipinski definition) is 3. The number of aliphatic hydroxyl groups is 2. The maximum absolute atomic E-state index is 13.2. The molecule has 0 fully saturated rings. The third-order valence-electron chi connectivity index (χ3n) is 11.1. The minimum atomic E-state index is -0.804. The van der Waals surface area contributed by atoms with Crippen molar-refractivity contribution in [2.75, 3.05) is 6.61 Å². The van der Waals surface area contributed by atoms with Gasteiger partial charge in [0.25, 0.3) is 0 Å². The van der Waals surface area contributed by atoms with Gasteiger partial charge in [-0.25, -0.2) is 0 Å². The molecule has 3 unspecified atom stereocenters. The van der Waals surface area contributed by atoms with E-state index < -0.39 is 18.2 Å². The van der Waals surface area contributed by atoms with Gasteiger partial charge in [0, 0.05) is 6.42 Å². The minimum Gasteiger partial charge on any atom is -0.462 e. The molecule has 0 aliphatic carbocycles. The Balaban J connectivity index is 4.64. The molecule has 0 saturated carbocycles. The summed E-state index contributed by atoms with van der Waals surface area (Å²) in [5.74, 6) is -0.534. The number of allylic oxidation sites excluding steroid dienone is 14. The SMILES string of the molecule is CC/C=C/C=C/C=C/C=C\CCCCCC(CC(=O)NC(CO)C(O)CCCCCCCCCCCC)OC(=O)CCCCCCCC/C=C\C/C=C\C/C=C\CCCCC. The average molecular weight is 850 g/mol. The molecule has 3 atom stereocenters. The van der Waals surface area contributed by atoms with Crippen molar-refractivity contribution in [1.82, 2.24) is 5.32 Å². The van der Waals surface area contributed by atoms with E-state index in [9.17, 15) is 19.8 Å². The number of amides is 1. The standard InChI is InChI=1S/C55H95NO5/c1-4-7-10-13-16-19-22-24-25-26-27-28-29-31-33-36-39-42-45-48-55(60)61-51(46-43-40-37-34-32-30-23-20-17-14-11-8-5-2)49-54(59)56-52(50-57)53(58)47-44-41-38-35-21-18-15-12-9-6-3/h8,11,14,16-17,19-20,23-25,27-28,30,32,51-53,57-58H,4-7,9-10,12-13,15,18,21-22,26,29,31,33-50H2,1-3H3,(H,56,59)/b11-8+,17-14+,19-16-,23-20+,25-24-,28-27-,32-30-. The summed E-state index contributed by atoms with van der Waals surface area (Å²) in [6.45, 7) is 6.28. The number of hydrogen-bond acceptors (Lipinski definition) is 5. The highest BCUT2D eigenvalue weighted by Crippen LogP contribution is 2.17. The van der Waals surface area contributed by atoms with E-state index >= 15 is 0 Å². The van der Waals surface area contributed by atoms with Gasteiger partial charge in [0.15, 0.2) is 0 Å². The van der Waals surface area contributed by atoms with Gasteiger partial charge in [0.1, 0.15) is 6.10 Å². The monoisotopic (exact) mass is 850 g/mol. The molecule has 0 spiro atoms. The molecule has 6 heteroatoms. The second-order valence-electron chi connectivity index (χ2n) is 16.9. The van der Waals surface area contributed by atoms with E-state index in [1.807, 2.05) is 24.3 Å². The van der Waals surface area contributed by atoms with E-state index in [0.717, 1.165) is 89.9 Å². The van der Waals surface area contributed by atoms with Crippen LogP contribution in [0.1, 0.15) is 226 Å². The zero-order chi connectivity index (χ0) is 44.5. The third-order valence-corrected chi connectivity index (χ3v) is 11.1. The van der Waals surface area contributed by atoms with Crippen molar-refractivity contribution in [2.24, 2.45) is 0 Å². The van der Waals surface area contributed by atoms with Crippen molar-refractivity contribution < 1.29 is 24.5 Å². The average Bonchev–Trinajstić information content (AvgIpc) is 3.25. The maximum atomic E-state index is 13.2. The molecule has 0 aliphatic rings. The van der Waals surface area contributed by atoms with Crippen LogP contribution in [0.2, 0.25) is 0 Å². The molecule has 61 heavy (non-hydrogen) atoms. The molecule has 0 radical (unpaired) electrons. The molecule has 0 rings (SSSR count). The lowest BCUT2D eigenvalue weighted by atomic mass is 10.0. The lowest BCUT2D eigenvalue weighted by Crippen LogP contribution is -2.46. The van der Waals surface area contributed by atoms with Gasteiger partial charge >= 0.3 is 5.97 Å². The van der Waals surface area contributed by atoms with Crippen LogP contribution in [0.25, 0.3) is 0 Å². The fourth-order valence-electron chi connectivity index (χ4n) is 7.21. The second-order valence-corrected chi connectivity index (χ2v) is 16.9. The van der Waals surface area contributed by atoms with Crippen LogP contribution < -0.4 is 5.32 Å². The normalized spacial score (nSPS) is 14.0. The minimum absolute atomic E-state index is 0.0418. The molecular weight excluding hydrogens is 755 g/mol. The molecule has 350 valence electrons. The van der Waals surface area contributed by atoms with Gasteiger partial charge in [-0.3, -0.25) is 9.59 Å². The largest absolute Gasteiger partial charge is 0.462 e. The summed E-state index contributed by atoms with van der Waals surface area (Å²) >= 11 is 0. The van der Waals surface area contributed by atoms with E-state index in [1.54, 1.807) is 0 Å². The van der Waals surface area contributed by atoms with Crippen molar-refractivity contribution in [3.05, 3.63) is 85.1 Å². The Morgan fingerprint density at radius 3 is 1.54 bits per heavy atom. The molecule has 0 heterocycles. The number of carbonyl (C=O) groups excluding carboxylic acids is 2. The maximum Gasteiger partial charge on any atom is 0.306 e. The number of rotatable bonds is 44. The number of ether oxygens (including phenoxy) is 1. The van der Waals surface area contributed by atoms with Crippen LogP contribution in [0.3, 0.4) is 0 Å². The first-order valence-corrected chi connectivity index (χ1v) is 25.4. The van der Waals surface area contributed by atoms with Gasteiger partial charge in [0.05, 0.1) is 25.2 Å². The van der Waals surface area contributed by atoms with Crippen LogP contribution >= 0.6 is 0 Å². The van der Waals surface area contributed by atoms with E-state index in [2.05, 4.69) is 86.8 Å². The Kier molecular flexibility index (Phi) is 45.7. The predicted molar refractivity (Wildman–Crippen MR) is 264 cm³/mol. The number of esters is 1. The quantitative estimate of drug-likeness (QED) is 0.0246. The van der Waals surface area contributed by atoms with Gasteiger partial charge in [-0.2, -0.15) is 0 Å². The Morgan fingerprint density at radius 1 is 0.508 bits per heavy atom. The zero-order valence-corrected chi connectivity index (χ0v) is 39.8. The summed E-state index contributed by atoms with van der Waals surface area (Å²) in [5, 5.41) is 23.7. The van der Waals surface area contributed by atoms with Crippen LogP contribution in [-0.4, -0.2) is 46.9 Å². The first kappa shape index (κ1) is 58.0. The van der Waals surface area contributed by atoms with Crippen LogP contribution in [0.4, 0.5) is 0 Å². The van der Waals surface area contributed by atoms with Gasteiger partial charge in [-0.1, -0.05) is 215 Å². The van der Waals surface area contributed by atoms with Crippen molar-refractivity contribution >= 4 is 11.9 Å². The molecule has 0 bridgehead atoms. The predicted octanol–water partition coefficient (Wildman–Crippen LogP) is 15.2. The van der Waals surface area contributed by atoms with E-state index in [1.165, 1.54) is 89.9 Å². The second kappa shape index (κ2) is 48.1. The summed E-state index contributed by atoms with van der Waals surface area (Å²) < 4.78 is 5.91. The zero-order valence-electron chi connectivity index (χ0n) is 39.8. The van der Waals surface area contributed by atoms with Crippen molar-refractivity contribution in [1.29, 1.82) is 0 Å². The van der Waals surface area contributed by atoms with Gasteiger partial charge in [0.2, 0.25) is 5.91 Å². The molecule has 0 saturated heterocycles. The summed E-state index contributed by atoms with van der Waals surface area (Å²) in [6, 6.07) is -0.720. The first-order valence-electron chi connectivity index (χ1n) is 25.4. The van der Waals surface area contributed by atoms with E-state index in [-0.39, 0.29) is 24.9 Å². The molecule has 0 aliphatic heterocycles. The molecule has 0 aromatic carbocycles. The molecular formula is C55H95NO5. The fourth-order valence-corrected chi connectivity index (χ4v) is 7.21. The van der Waals surface area contributed by atoms with Gasteiger partial charge in [-0.15, -0.1) is 0 Å². The van der Waals surface area contributed by atoms with Crippen LogP contribution in [0.15, 0.2) is 85.1 Å². The van der Waals surface area contributed by atoms with Gasteiger partial charge in [-0.05, 0) is 83.5 Å². The Bertz CT molecular complexity index is 1180. The molecule has 0 aromatic rings. The molecule has 0 aromatic heterocycles. The van der Waals surface area contributed by atoms with Crippen molar-refractivity contribution in [3.63, 3.8) is 0 Å². The topological polar surface area (TPSA) is 95.9 Å². The number of nitrogens with one attached hydrogen (secondary N) is 1. The number of unbranched alkanes of at least 4 members (excludes halogenated alkanes) is 21. The van der Waals surface area contributed by atoms with Crippen molar-refractivity contribution in [2.45, 2.75) is 244 Å². The van der Waals surface area contributed by atoms with Crippen LogP contribution in [0, 0.1) is 0 Å². The van der Waals surface area contributed by atoms with Gasteiger partial charge < -0.3 is 20.3 Å². The fraction of sp³-hybridized carbons (Fsp3) is 0.709. The Labute approximate surface area is 376 Å². The molecule has 1 amide bonds. The summed E-state index contributed by atoms with van der Waals surface area (Å²) in [6.07, 6.45) is 62.1. The Hall–Kier alpha value is -2.96. The highest BCUT2D eigenvalue weighted by Gasteiger charge is 2.24. The van der Waals surface area contributed by atoms with E-state index in [0.29, 0.717) is 19.3 Å².